The highest BCUT2D eigenvalue weighted by Gasteiger charge is 2.50. The quantitative estimate of drug-likeness (QED) is 0.698. The van der Waals surface area contributed by atoms with Gasteiger partial charge in [0, 0.05) is 6.54 Å². The van der Waals surface area contributed by atoms with Crippen molar-refractivity contribution in [3.63, 3.8) is 0 Å². The topological polar surface area (TPSA) is 85.2 Å². The van der Waals surface area contributed by atoms with E-state index in [1.54, 1.807) is 12.1 Å². The number of carbonyl (C=O) groups excluding carboxylic acids is 2. The van der Waals surface area contributed by atoms with Crippen LogP contribution >= 0.6 is 0 Å². The lowest BCUT2D eigenvalue weighted by molar-refractivity contribution is -0.141. The van der Waals surface area contributed by atoms with Gasteiger partial charge in [-0.05, 0) is 12.0 Å². The van der Waals surface area contributed by atoms with Gasteiger partial charge in [0.05, 0.1) is 6.54 Å². The molecule has 2 heterocycles. The van der Waals surface area contributed by atoms with Gasteiger partial charge in [-0.3, -0.25) is 9.59 Å². The van der Waals surface area contributed by atoms with Gasteiger partial charge < -0.3 is 15.5 Å². The molecule has 2 N–H and O–H groups in total. The molecule has 0 aromatic heterocycles. The van der Waals surface area contributed by atoms with E-state index in [-0.39, 0.29) is 18.4 Å². The smallest absolute Gasteiger partial charge is 0.248 e. The number of hydrogen-bond acceptors (Lipinski definition) is 4. The summed E-state index contributed by atoms with van der Waals surface area (Å²) < 4.78 is 0. The largest absolute Gasteiger partial charge is 0.338 e. The van der Waals surface area contributed by atoms with E-state index >= 15 is 0 Å². The molecule has 0 bridgehead atoms. The fourth-order valence-electron chi connectivity index (χ4n) is 2.76. The van der Waals surface area contributed by atoms with Gasteiger partial charge in [0.2, 0.25) is 11.8 Å². The average Bonchev–Trinajstić information content (AvgIpc) is 2.88. The maximum atomic E-state index is 12.3. The minimum Gasteiger partial charge on any atom is -0.338 e. The number of hydrogen-bond donors (Lipinski definition) is 2. The van der Waals surface area contributed by atoms with Crippen LogP contribution in [0.2, 0.25) is 0 Å². The second-order valence-electron chi connectivity index (χ2n) is 5.16. The van der Waals surface area contributed by atoms with E-state index in [2.05, 4.69) is 10.6 Å². The van der Waals surface area contributed by atoms with Gasteiger partial charge >= 0.3 is 0 Å². The van der Waals surface area contributed by atoms with Crippen LogP contribution in [-0.4, -0.2) is 35.3 Å². The molecule has 3 rings (SSSR count). The lowest BCUT2D eigenvalue weighted by Crippen LogP contribution is -2.67. The van der Waals surface area contributed by atoms with Crippen LogP contribution in [0.4, 0.5) is 0 Å². The van der Waals surface area contributed by atoms with Gasteiger partial charge in [0.1, 0.15) is 11.6 Å². The van der Waals surface area contributed by atoms with Crippen LogP contribution in [0.15, 0.2) is 30.3 Å². The summed E-state index contributed by atoms with van der Waals surface area (Å²) in [6, 6.07) is 8.45. The molecule has 2 fully saturated rings. The van der Waals surface area contributed by atoms with Crippen LogP contribution in [0.25, 0.3) is 0 Å². The van der Waals surface area contributed by atoms with E-state index in [0.717, 1.165) is 5.56 Å². The summed E-state index contributed by atoms with van der Waals surface area (Å²) in [5, 5.41) is 14.5. The molecule has 1 aromatic rings. The SMILES string of the molecule is N#CN1CCC2(C1)NC(=O)C(c1ccccc1)NC2=O. The Labute approximate surface area is 116 Å². The fraction of sp³-hybridized carbons (Fsp3) is 0.357. The highest BCUT2D eigenvalue weighted by atomic mass is 16.2. The monoisotopic (exact) mass is 270 g/mol. The van der Waals surface area contributed by atoms with E-state index in [1.165, 1.54) is 4.90 Å². The molecule has 2 unspecified atom stereocenters. The predicted octanol–water partition coefficient (Wildman–Crippen LogP) is -0.101. The zero-order chi connectivity index (χ0) is 14.2. The summed E-state index contributed by atoms with van der Waals surface area (Å²) in [6.45, 7) is 0.725. The van der Waals surface area contributed by atoms with E-state index < -0.39 is 11.6 Å². The molecular formula is C14H14N4O2. The van der Waals surface area contributed by atoms with Crippen molar-refractivity contribution in [3.05, 3.63) is 35.9 Å². The lowest BCUT2D eigenvalue weighted by Gasteiger charge is -2.36. The maximum Gasteiger partial charge on any atom is 0.248 e. The second kappa shape index (κ2) is 4.53. The number of nitrogens with zero attached hydrogens (tertiary/aromatic N) is 2. The van der Waals surface area contributed by atoms with Crippen molar-refractivity contribution >= 4 is 11.8 Å². The van der Waals surface area contributed by atoms with Gasteiger partial charge in [-0.1, -0.05) is 30.3 Å². The molecule has 2 amide bonds. The van der Waals surface area contributed by atoms with Gasteiger partial charge in [-0.25, -0.2) is 0 Å². The van der Waals surface area contributed by atoms with Gasteiger partial charge in [-0.15, -0.1) is 0 Å². The Morgan fingerprint density at radius 3 is 2.70 bits per heavy atom. The van der Waals surface area contributed by atoms with Crippen molar-refractivity contribution < 1.29 is 9.59 Å². The molecule has 0 aliphatic carbocycles. The minimum absolute atomic E-state index is 0.219. The minimum atomic E-state index is -0.960. The molecule has 2 saturated heterocycles. The summed E-state index contributed by atoms with van der Waals surface area (Å²) in [4.78, 5) is 26.1. The summed E-state index contributed by atoms with van der Waals surface area (Å²) in [6.07, 6.45) is 2.47. The Morgan fingerprint density at radius 1 is 1.30 bits per heavy atom. The highest BCUT2D eigenvalue weighted by molar-refractivity contribution is 6.00. The number of benzene rings is 1. The summed E-state index contributed by atoms with van der Waals surface area (Å²) in [7, 11) is 0. The molecule has 6 heteroatoms. The van der Waals surface area contributed by atoms with E-state index in [0.29, 0.717) is 13.0 Å². The Bertz CT molecular complexity index is 595. The number of piperazine rings is 1. The molecule has 0 saturated carbocycles. The standard InChI is InChI=1S/C14H14N4O2/c15-9-18-7-6-14(8-18)13(20)16-11(12(19)17-14)10-4-2-1-3-5-10/h1-5,11H,6-8H2,(H,16,20)(H,17,19). The van der Waals surface area contributed by atoms with Gasteiger partial charge in [-0.2, -0.15) is 5.26 Å². The zero-order valence-corrected chi connectivity index (χ0v) is 10.8. The van der Waals surface area contributed by atoms with E-state index in [1.807, 2.05) is 24.4 Å². The first kappa shape index (κ1) is 12.5. The third kappa shape index (κ3) is 1.88. The second-order valence-corrected chi connectivity index (χ2v) is 5.16. The van der Waals surface area contributed by atoms with Crippen LogP contribution in [-0.2, 0) is 9.59 Å². The number of amides is 2. The summed E-state index contributed by atoms with van der Waals surface area (Å²) in [5.74, 6) is -0.445. The molecule has 2 atom stereocenters. The van der Waals surface area contributed by atoms with Crippen molar-refractivity contribution in [1.82, 2.24) is 15.5 Å². The van der Waals surface area contributed by atoms with E-state index in [9.17, 15) is 9.59 Å². The molecule has 2 aliphatic rings. The highest BCUT2D eigenvalue weighted by Crippen LogP contribution is 2.27. The summed E-state index contributed by atoms with van der Waals surface area (Å²) in [5.41, 5.74) is -0.207. The van der Waals surface area contributed by atoms with Crippen molar-refractivity contribution in [1.29, 1.82) is 5.26 Å². The molecule has 20 heavy (non-hydrogen) atoms. The van der Waals surface area contributed by atoms with Crippen LogP contribution < -0.4 is 10.6 Å². The first-order valence-electron chi connectivity index (χ1n) is 6.47. The van der Waals surface area contributed by atoms with Gasteiger partial charge in [0.25, 0.3) is 0 Å². The molecule has 1 spiro atoms. The number of nitrogens with one attached hydrogen (secondary N) is 2. The number of likely N-dealkylation sites (tertiary alicyclic amines) is 1. The van der Waals surface area contributed by atoms with Crippen LogP contribution in [0, 0.1) is 11.5 Å². The molecular weight excluding hydrogens is 256 g/mol. The van der Waals surface area contributed by atoms with Gasteiger partial charge in [0.15, 0.2) is 6.19 Å². The molecule has 0 radical (unpaired) electrons. The van der Waals surface area contributed by atoms with Crippen LogP contribution in [0.5, 0.6) is 0 Å². The predicted molar refractivity (Wildman–Crippen MR) is 70.0 cm³/mol. The lowest BCUT2D eigenvalue weighted by atomic mass is 9.91. The first-order chi connectivity index (χ1) is 9.64. The van der Waals surface area contributed by atoms with Crippen molar-refractivity contribution in [2.45, 2.75) is 18.0 Å². The van der Waals surface area contributed by atoms with Crippen molar-refractivity contribution in [2.24, 2.45) is 0 Å². The van der Waals surface area contributed by atoms with Crippen molar-refractivity contribution in [3.8, 4) is 6.19 Å². The Kier molecular flexibility index (Phi) is 2.83. The number of nitriles is 1. The molecule has 1 aromatic carbocycles. The molecule has 6 nitrogen and oxygen atoms in total. The zero-order valence-electron chi connectivity index (χ0n) is 10.8. The van der Waals surface area contributed by atoms with Crippen LogP contribution in [0.3, 0.4) is 0 Å². The fourth-order valence-corrected chi connectivity index (χ4v) is 2.76. The molecule has 2 aliphatic heterocycles. The summed E-state index contributed by atoms with van der Waals surface area (Å²) >= 11 is 0. The molecule has 102 valence electrons. The Morgan fingerprint density at radius 2 is 2.05 bits per heavy atom. The average molecular weight is 270 g/mol. The third-order valence-electron chi connectivity index (χ3n) is 3.88. The first-order valence-corrected chi connectivity index (χ1v) is 6.47. The maximum absolute atomic E-state index is 12.3. The third-order valence-corrected chi connectivity index (χ3v) is 3.88. The number of carbonyl (C=O) groups is 2. The normalized spacial score (nSPS) is 28.9. The Balaban J connectivity index is 1.83. The van der Waals surface area contributed by atoms with E-state index in [4.69, 9.17) is 5.26 Å². The van der Waals surface area contributed by atoms with Crippen molar-refractivity contribution in [2.75, 3.05) is 13.1 Å². The Hall–Kier alpha value is -2.55. The number of rotatable bonds is 1. The van der Waals surface area contributed by atoms with Crippen LogP contribution in [0.1, 0.15) is 18.0 Å².